The van der Waals surface area contributed by atoms with E-state index in [1.54, 1.807) is 0 Å². The molecule has 9 heteroatoms. The van der Waals surface area contributed by atoms with E-state index >= 15 is 0 Å². The fourth-order valence-corrected chi connectivity index (χ4v) is 3.60. The van der Waals surface area contributed by atoms with E-state index in [1.165, 1.54) is 0 Å². The highest BCUT2D eigenvalue weighted by Crippen LogP contribution is 2.19. The number of sulfone groups is 1. The van der Waals surface area contributed by atoms with Crippen molar-refractivity contribution < 1.29 is 26.7 Å². The molecule has 0 aromatic heterocycles. The summed E-state index contributed by atoms with van der Waals surface area (Å²) < 4.78 is 47.7. The molecule has 0 radical (unpaired) electrons. The van der Waals surface area contributed by atoms with Crippen LogP contribution in [0.15, 0.2) is 0 Å². The Labute approximate surface area is 120 Å². The van der Waals surface area contributed by atoms with Gasteiger partial charge in [0.2, 0.25) is 10.0 Å². The van der Waals surface area contributed by atoms with Crippen molar-refractivity contribution in [1.29, 1.82) is 0 Å². The molecule has 0 aliphatic heterocycles. The molecule has 20 heavy (non-hydrogen) atoms. The summed E-state index contributed by atoms with van der Waals surface area (Å²) >= 11 is 0. The highest BCUT2D eigenvalue weighted by atomic mass is 32.2. The lowest BCUT2D eigenvalue weighted by molar-refractivity contribution is -0.139. The van der Waals surface area contributed by atoms with E-state index in [0.717, 1.165) is 6.26 Å². The summed E-state index contributed by atoms with van der Waals surface area (Å²) in [5, 5.41) is 8.94. The summed E-state index contributed by atoms with van der Waals surface area (Å²) in [6.45, 7) is 5.63. The van der Waals surface area contributed by atoms with E-state index in [2.05, 4.69) is 0 Å². The van der Waals surface area contributed by atoms with Crippen molar-refractivity contribution in [2.45, 2.75) is 39.7 Å². The third-order valence-electron chi connectivity index (χ3n) is 2.52. The molecular weight excluding hydrogens is 306 g/mol. The van der Waals surface area contributed by atoms with Crippen molar-refractivity contribution in [3.05, 3.63) is 0 Å². The fraction of sp³-hybridized carbons (Fsp3) is 0.909. The van der Waals surface area contributed by atoms with Crippen molar-refractivity contribution in [3.8, 4) is 0 Å². The number of carboxylic acid groups (broad SMARTS) is 1. The maximum absolute atomic E-state index is 11.8. The lowest BCUT2D eigenvalue weighted by Gasteiger charge is -2.19. The molecule has 0 aliphatic rings. The van der Waals surface area contributed by atoms with Gasteiger partial charge in [-0.3, -0.25) is 4.79 Å². The molecule has 0 heterocycles. The van der Waals surface area contributed by atoms with Gasteiger partial charge >= 0.3 is 5.97 Å². The molecule has 120 valence electrons. The maximum Gasteiger partial charge on any atom is 0.321 e. The van der Waals surface area contributed by atoms with Crippen LogP contribution in [0.4, 0.5) is 0 Å². The molecular formula is C11H23NO6S2. The summed E-state index contributed by atoms with van der Waals surface area (Å²) in [7, 11) is -7.09. The topological polar surface area (TPSA) is 118 Å². The Kier molecular flexibility index (Phi) is 6.63. The summed E-state index contributed by atoms with van der Waals surface area (Å²) in [6, 6.07) is -1.42. The van der Waals surface area contributed by atoms with Gasteiger partial charge in [0.1, 0.15) is 15.9 Å². The Balaban J connectivity index is 4.70. The van der Waals surface area contributed by atoms with E-state index in [1.807, 2.05) is 25.5 Å². The minimum atomic E-state index is -3.75. The van der Waals surface area contributed by atoms with Gasteiger partial charge in [-0.05, 0) is 18.3 Å². The third kappa shape index (κ3) is 10.2. The van der Waals surface area contributed by atoms with Gasteiger partial charge in [-0.15, -0.1) is 0 Å². The molecule has 0 aliphatic carbocycles. The van der Waals surface area contributed by atoms with E-state index in [0.29, 0.717) is 6.42 Å². The van der Waals surface area contributed by atoms with Crippen molar-refractivity contribution in [2.75, 3.05) is 17.8 Å². The number of carbonyl (C=O) groups is 1. The molecule has 0 bridgehead atoms. The van der Waals surface area contributed by atoms with Crippen LogP contribution in [0.5, 0.6) is 0 Å². The second-order valence-electron chi connectivity index (χ2n) is 6.06. The normalized spacial score (nSPS) is 15.0. The zero-order chi connectivity index (χ0) is 16.2. The Morgan fingerprint density at radius 2 is 1.65 bits per heavy atom. The van der Waals surface area contributed by atoms with Gasteiger partial charge in [0.25, 0.3) is 0 Å². The number of sulfonamides is 1. The highest BCUT2D eigenvalue weighted by molar-refractivity contribution is 7.90. The van der Waals surface area contributed by atoms with Crippen LogP contribution in [0, 0.1) is 5.41 Å². The van der Waals surface area contributed by atoms with E-state index in [4.69, 9.17) is 5.11 Å². The molecule has 0 saturated heterocycles. The van der Waals surface area contributed by atoms with Gasteiger partial charge < -0.3 is 5.11 Å². The smallest absolute Gasteiger partial charge is 0.321 e. The zero-order valence-corrected chi connectivity index (χ0v) is 13.8. The van der Waals surface area contributed by atoms with E-state index in [9.17, 15) is 21.6 Å². The lowest BCUT2D eigenvalue weighted by atomic mass is 9.94. The third-order valence-corrected chi connectivity index (χ3v) is 4.88. The molecule has 0 fully saturated rings. The predicted molar refractivity (Wildman–Crippen MR) is 76.7 cm³/mol. The average molecular weight is 329 g/mol. The fourth-order valence-electron chi connectivity index (χ4n) is 1.28. The SMILES string of the molecule is CC(C)(C)CCS(=O)(=O)NC(CCS(C)(=O)=O)C(=O)O. The van der Waals surface area contributed by atoms with Crippen LogP contribution in [0.2, 0.25) is 0 Å². The second kappa shape index (κ2) is 6.86. The quantitative estimate of drug-likeness (QED) is 0.658. The molecule has 0 spiro atoms. The van der Waals surface area contributed by atoms with E-state index in [-0.39, 0.29) is 23.3 Å². The summed E-state index contributed by atoms with van der Waals surface area (Å²) in [5.74, 6) is -1.96. The Bertz CT molecular complexity index is 530. The van der Waals surface area contributed by atoms with Crippen molar-refractivity contribution in [2.24, 2.45) is 5.41 Å². The lowest BCUT2D eigenvalue weighted by Crippen LogP contribution is -2.43. The minimum absolute atomic E-state index is 0.194. The number of carboxylic acids is 1. The van der Waals surface area contributed by atoms with Crippen LogP contribution < -0.4 is 4.72 Å². The maximum atomic E-state index is 11.8. The van der Waals surface area contributed by atoms with Crippen molar-refractivity contribution in [1.82, 2.24) is 4.72 Å². The Morgan fingerprint density at radius 3 is 2.00 bits per heavy atom. The van der Waals surface area contributed by atoms with Crippen LogP contribution in [0.1, 0.15) is 33.6 Å². The average Bonchev–Trinajstić information content (AvgIpc) is 2.19. The summed E-state index contributed by atoms with van der Waals surface area (Å²) in [4.78, 5) is 11.0. The van der Waals surface area contributed by atoms with Gasteiger partial charge in [0, 0.05) is 6.26 Å². The van der Waals surface area contributed by atoms with Gasteiger partial charge in [-0.1, -0.05) is 20.8 Å². The zero-order valence-electron chi connectivity index (χ0n) is 12.2. The first-order valence-corrected chi connectivity index (χ1v) is 9.84. The molecule has 0 aromatic carbocycles. The first-order chi connectivity index (χ1) is 8.72. The minimum Gasteiger partial charge on any atom is -0.480 e. The molecule has 0 aromatic rings. The van der Waals surface area contributed by atoms with Gasteiger partial charge in [-0.25, -0.2) is 21.6 Å². The molecule has 0 rings (SSSR count). The van der Waals surface area contributed by atoms with Crippen LogP contribution in [-0.2, 0) is 24.7 Å². The number of aliphatic carboxylic acids is 1. The molecule has 2 N–H and O–H groups in total. The molecule has 1 atom stereocenters. The first-order valence-electron chi connectivity index (χ1n) is 6.12. The largest absolute Gasteiger partial charge is 0.480 e. The highest BCUT2D eigenvalue weighted by Gasteiger charge is 2.26. The number of nitrogens with one attached hydrogen (secondary N) is 1. The first kappa shape index (κ1) is 19.3. The number of rotatable bonds is 8. The second-order valence-corrected chi connectivity index (χ2v) is 10.2. The molecule has 0 amide bonds. The molecule has 7 nitrogen and oxygen atoms in total. The van der Waals surface area contributed by atoms with Crippen LogP contribution in [-0.4, -0.2) is 51.7 Å². The Hall–Kier alpha value is -0.670. The van der Waals surface area contributed by atoms with Gasteiger partial charge in [-0.2, -0.15) is 0 Å². The summed E-state index contributed by atoms with van der Waals surface area (Å²) in [5.41, 5.74) is -0.194. The molecule has 1 unspecified atom stereocenters. The summed E-state index contributed by atoms with van der Waals surface area (Å²) in [6.07, 6.45) is 1.06. The van der Waals surface area contributed by atoms with Crippen molar-refractivity contribution in [3.63, 3.8) is 0 Å². The van der Waals surface area contributed by atoms with E-state index < -0.39 is 31.9 Å². The van der Waals surface area contributed by atoms with Crippen LogP contribution >= 0.6 is 0 Å². The predicted octanol–water partition coefficient (Wildman–Crippen LogP) is 0.230. The van der Waals surface area contributed by atoms with Crippen LogP contribution in [0.25, 0.3) is 0 Å². The van der Waals surface area contributed by atoms with Crippen LogP contribution in [0.3, 0.4) is 0 Å². The standard InChI is InChI=1S/C11H23NO6S2/c1-11(2,3)6-8-20(17,18)12-9(10(13)14)5-7-19(4,15)16/h9,12H,5-8H2,1-4H3,(H,13,14). The monoisotopic (exact) mass is 329 g/mol. The number of hydrogen-bond donors (Lipinski definition) is 2. The Morgan fingerprint density at radius 1 is 1.15 bits per heavy atom. The molecule has 0 saturated carbocycles. The van der Waals surface area contributed by atoms with Gasteiger partial charge in [0.05, 0.1) is 11.5 Å². The number of hydrogen-bond acceptors (Lipinski definition) is 5. The van der Waals surface area contributed by atoms with Gasteiger partial charge in [0.15, 0.2) is 0 Å². The van der Waals surface area contributed by atoms with Crippen molar-refractivity contribution >= 4 is 25.8 Å².